The number of ether oxygens (including phenoxy) is 4. The minimum Gasteiger partial charge on any atom is -0.482 e. The van der Waals surface area contributed by atoms with E-state index in [0.717, 1.165) is 0 Å². The molecule has 0 amide bonds. The maximum Gasteiger partial charge on any atom is 0.351 e. The Morgan fingerprint density at radius 3 is 1.74 bits per heavy atom. The quantitative estimate of drug-likeness (QED) is 0.185. The Morgan fingerprint density at radius 1 is 0.738 bits per heavy atom. The molecule has 6 heterocycles. The zero-order chi connectivity index (χ0) is 43.3. The van der Waals surface area contributed by atoms with Gasteiger partial charge in [-0.05, 0) is 87.5 Å². The fraction of sp³-hybridized carbons (Fsp3) is 0.511. The Kier molecular flexibility index (Phi) is 12.8. The molecule has 0 spiro atoms. The van der Waals surface area contributed by atoms with Crippen molar-refractivity contribution in [3.8, 4) is 34.1 Å². The summed E-state index contributed by atoms with van der Waals surface area (Å²) in [5.41, 5.74) is -2.09. The first-order valence-electron chi connectivity index (χ1n) is 20.5. The first-order chi connectivity index (χ1) is 28.4. The number of hydrogen-bond donors (Lipinski definition) is 1. The number of nitrogens with zero attached hydrogens (tertiary/aromatic N) is 2. The highest BCUT2D eigenvalue weighted by Gasteiger charge is 2.59. The van der Waals surface area contributed by atoms with Crippen molar-refractivity contribution in [3.63, 3.8) is 0 Å². The monoisotopic (exact) mass is 840 g/mol. The van der Waals surface area contributed by atoms with Crippen LogP contribution in [0.4, 0.5) is 0 Å². The van der Waals surface area contributed by atoms with Gasteiger partial charge in [0.1, 0.15) is 52.0 Å². The number of ketones is 1. The SMILES string of the molecule is C.CC(=O)O[C@H]1C[C@@H](C(C)C)C[C@H]2C(=O)c3c(cc(-c4cccnc4)oc3=O)O[C@]12C.CC(=O)O[C@H]1C[C@@H](C(C)C)C[C@H]2[C@H](O)c3c(cc(-c4cccnc4)oc3=O)O[C@]12C. The average molecular weight is 841 g/mol. The van der Waals surface area contributed by atoms with E-state index in [1.165, 1.54) is 13.8 Å². The van der Waals surface area contributed by atoms with Crippen LogP contribution in [-0.2, 0) is 19.1 Å². The Labute approximate surface area is 355 Å². The smallest absolute Gasteiger partial charge is 0.351 e. The van der Waals surface area contributed by atoms with Crippen molar-refractivity contribution in [2.24, 2.45) is 35.5 Å². The lowest BCUT2D eigenvalue weighted by atomic mass is 9.63. The fourth-order valence-electron chi connectivity index (χ4n) is 9.44. The van der Waals surface area contributed by atoms with Crippen LogP contribution in [0.25, 0.3) is 22.6 Å². The lowest BCUT2D eigenvalue weighted by Gasteiger charge is -2.53. The van der Waals surface area contributed by atoms with Crippen LogP contribution in [0, 0.1) is 35.5 Å². The Balaban J connectivity index is 0.000000201. The van der Waals surface area contributed by atoms with Crippen LogP contribution >= 0.6 is 0 Å². The van der Waals surface area contributed by atoms with Gasteiger partial charge in [-0.1, -0.05) is 35.1 Å². The number of fused-ring (bicyclic) bond motifs is 4. The molecule has 8 rings (SSSR count). The van der Waals surface area contributed by atoms with E-state index in [1.54, 1.807) is 68.1 Å². The van der Waals surface area contributed by atoms with Crippen LogP contribution in [0.15, 0.2) is 79.6 Å². The molecule has 2 saturated carbocycles. The first kappa shape index (κ1) is 44.9. The van der Waals surface area contributed by atoms with Crippen LogP contribution in [0.1, 0.15) is 111 Å². The van der Waals surface area contributed by atoms with Crippen molar-refractivity contribution in [1.82, 2.24) is 9.97 Å². The number of Topliss-reactive ketones (excluding diaryl/α,β-unsaturated/α-hetero) is 1. The van der Waals surface area contributed by atoms with E-state index in [1.807, 2.05) is 6.92 Å². The van der Waals surface area contributed by atoms with E-state index in [0.29, 0.717) is 54.4 Å². The van der Waals surface area contributed by atoms with Crippen molar-refractivity contribution < 1.29 is 47.3 Å². The molecule has 9 atom stereocenters. The molecule has 14 heteroatoms. The van der Waals surface area contributed by atoms with Crippen LogP contribution in [0.5, 0.6) is 11.5 Å². The van der Waals surface area contributed by atoms with Crippen molar-refractivity contribution in [2.45, 2.75) is 118 Å². The van der Waals surface area contributed by atoms with Crippen LogP contribution in [0.2, 0.25) is 0 Å². The van der Waals surface area contributed by atoms with Crippen molar-refractivity contribution in [1.29, 1.82) is 0 Å². The van der Waals surface area contributed by atoms with Gasteiger partial charge in [-0.3, -0.25) is 24.4 Å². The van der Waals surface area contributed by atoms with Gasteiger partial charge < -0.3 is 32.9 Å². The third-order valence-electron chi connectivity index (χ3n) is 13.0. The van der Waals surface area contributed by atoms with Crippen LogP contribution in [-0.4, -0.2) is 56.2 Å². The second-order valence-electron chi connectivity index (χ2n) is 17.5. The molecule has 326 valence electrons. The maximum absolute atomic E-state index is 13.4. The number of aromatic nitrogens is 2. The van der Waals surface area contributed by atoms with Crippen molar-refractivity contribution >= 4 is 17.7 Å². The average Bonchev–Trinajstić information content (AvgIpc) is 3.18. The number of carbonyl (C=O) groups is 3. The molecule has 2 aliphatic heterocycles. The van der Waals surface area contributed by atoms with E-state index in [2.05, 4.69) is 37.7 Å². The minimum atomic E-state index is -1.07. The number of aliphatic hydroxyl groups excluding tert-OH is 1. The summed E-state index contributed by atoms with van der Waals surface area (Å²) in [6.45, 7) is 14.7. The van der Waals surface area contributed by atoms with Crippen molar-refractivity contribution in [3.05, 3.63) is 93.2 Å². The summed E-state index contributed by atoms with van der Waals surface area (Å²) in [6.07, 6.45) is 6.67. The predicted molar refractivity (Wildman–Crippen MR) is 224 cm³/mol. The van der Waals surface area contributed by atoms with Gasteiger partial charge in [0.15, 0.2) is 11.4 Å². The summed E-state index contributed by atoms with van der Waals surface area (Å²) in [7, 11) is 0. The van der Waals surface area contributed by atoms with Gasteiger partial charge in [-0.15, -0.1) is 0 Å². The van der Waals surface area contributed by atoms with E-state index in [4.69, 9.17) is 27.8 Å². The lowest BCUT2D eigenvalue weighted by molar-refractivity contribution is -0.194. The fourth-order valence-corrected chi connectivity index (χ4v) is 9.44. The summed E-state index contributed by atoms with van der Waals surface area (Å²) in [5, 5.41) is 11.2. The standard InChI is InChI=1S/C23H27NO6.C23H25NO6.CH4/c2*1-12(2)15-8-16-21(26)20-18(30-23(16,4)19(9-15)28-13(3)25)10-17(29-22(20)27)14-6-5-7-24-11-14;/h5-7,10-12,15-16,19,21,26H,8-9H2,1-4H3;5-7,10-12,15-16,19H,8-9H2,1-4H3;1H4/t15-,16-,19-,21-,23-;15-,16-,19-,23-;/m00./s1. The lowest BCUT2D eigenvalue weighted by Crippen LogP contribution is -2.62. The summed E-state index contributed by atoms with van der Waals surface area (Å²) in [4.78, 5) is 70.7. The molecule has 2 fully saturated rings. The van der Waals surface area contributed by atoms with E-state index < -0.39 is 64.5 Å². The highest BCUT2D eigenvalue weighted by Crippen LogP contribution is 2.53. The summed E-state index contributed by atoms with van der Waals surface area (Å²) in [5.74, 6) is -0.0909. The Bertz CT molecular complexity index is 2380. The zero-order valence-electron chi connectivity index (χ0n) is 35.1. The third-order valence-corrected chi connectivity index (χ3v) is 13.0. The molecule has 1 N–H and O–H groups in total. The van der Waals surface area contributed by atoms with E-state index in [-0.39, 0.29) is 53.4 Å². The van der Waals surface area contributed by atoms with Gasteiger partial charge in [0.05, 0.1) is 12.0 Å². The highest BCUT2D eigenvalue weighted by molar-refractivity contribution is 6.02. The highest BCUT2D eigenvalue weighted by atomic mass is 16.6. The molecular formula is C47H56N2O12. The molecular weight excluding hydrogens is 785 g/mol. The topological polar surface area (TPSA) is 195 Å². The molecule has 0 radical (unpaired) electrons. The second-order valence-corrected chi connectivity index (χ2v) is 17.5. The summed E-state index contributed by atoms with van der Waals surface area (Å²) >= 11 is 0. The van der Waals surface area contributed by atoms with Crippen LogP contribution < -0.4 is 20.7 Å². The third kappa shape index (κ3) is 8.51. The molecule has 0 unspecified atom stereocenters. The largest absolute Gasteiger partial charge is 0.482 e. The molecule has 61 heavy (non-hydrogen) atoms. The number of esters is 2. The predicted octanol–water partition coefficient (Wildman–Crippen LogP) is 7.79. The molecule has 4 aliphatic rings. The summed E-state index contributed by atoms with van der Waals surface area (Å²) < 4.78 is 34.9. The number of aliphatic hydroxyl groups is 1. The van der Waals surface area contributed by atoms with Gasteiger partial charge in [-0.2, -0.15) is 0 Å². The zero-order valence-corrected chi connectivity index (χ0v) is 35.1. The molecule has 4 aromatic rings. The van der Waals surface area contributed by atoms with E-state index >= 15 is 0 Å². The van der Waals surface area contributed by atoms with Gasteiger partial charge in [0.25, 0.3) is 0 Å². The first-order valence-corrected chi connectivity index (χ1v) is 20.5. The number of carbonyl (C=O) groups excluding carboxylic acids is 3. The maximum atomic E-state index is 13.4. The molecule has 2 aliphatic carbocycles. The number of rotatable bonds is 6. The molecule has 0 bridgehead atoms. The normalized spacial score (nSPS) is 28.5. The van der Waals surface area contributed by atoms with Gasteiger partial charge in [0, 0.05) is 67.8 Å². The second kappa shape index (κ2) is 17.4. The van der Waals surface area contributed by atoms with Gasteiger partial charge in [-0.25, -0.2) is 9.59 Å². The molecule has 14 nitrogen and oxygen atoms in total. The molecule has 0 aromatic carbocycles. The number of hydrogen-bond acceptors (Lipinski definition) is 14. The summed E-state index contributed by atoms with van der Waals surface area (Å²) in [6, 6.07) is 10.2. The van der Waals surface area contributed by atoms with Gasteiger partial charge in [0.2, 0.25) is 0 Å². The molecule has 4 aromatic heterocycles. The van der Waals surface area contributed by atoms with Crippen LogP contribution in [0.3, 0.4) is 0 Å². The van der Waals surface area contributed by atoms with E-state index in [9.17, 15) is 29.1 Å². The minimum absolute atomic E-state index is 0. The van der Waals surface area contributed by atoms with Crippen molar-refractivity contribution in [2.75, 3.05) is 0 Å². The number of pyridine rings is 2. The Hall–Kier alpha value is -5.63. The Morgan fingerprint density at radius 2 is 1.23 bits per heavy atom. The molecule has 0 saturated heterocycles. The van der Waals surface area contributed by atoms with Gasteiger partial charge >= 0.3 is 23.2 Å².